The number of rotatable bonds is 7. The summed E-state index contributed by atoms with van der Waals surface area (Å²) in [5.41, 5.74) is 7.48. The Morgan fingerprint density at radius 2 is 1.95 bits per heavy atom. The third kappa shape index (κ3) is 3.71. The summed E-state index contributed by atoms with van der Waals surface area (Å²) in [6.45, 7) is 5.33. The predicted octanol–water partition coefficient (Wildman–Crippen LogP) is 4.36. The third-order valence-corrected chi connectivity index (χ3v) is 3.65. The molecule has 0 fully saturated rings. The maximum absolute atomic E-state index is 13.3. The van der Waals surface area contributed by atoms with Crippen molar-refractivity contribution in [1.82, 2.24) is 9.55 Å². The van der Waals surface area contributed by atoms with Crippen molar-refractivity contribution in [3.8, 4) is 0 Å². The summed E-state index contributed by atoms with van der Waals surface area (Å²) in [6.07, 6.45) is 6.07. The molecule has 20 heavy (non-hydrogen) atoms. The molecular weight excluding hydrogens is 253 g/mol. The molecule has 0 atom stereocenters. The first kappa shape index (κ1) is 14.8. The smallest absolute Gasteiger partial charge is 0.201 e. The minimum Gasteiger partial charge on any atom is -0.369 e. The fourth-order valence-corrected chi connectivity index (χ4v) is 2.53. The number of nitrogens with two attached hydrogens (primary N) is 1. The molecule has 0 saturated carbocycles. The van der Waals surface area contributed by atoms with Gasteiger partial charge in [0.2, 0.25) is 5.95 Å². The summed E-state index contributed by atoms with van der Waals surface area (Å²) in [7, 11) is 0. The Balaban J connectivity index is 1.89. The zero-order valence-electron chi connectivity index (χ0n) is 12.4. The van der Waals surface area contributed by atoms with E-state index < -0.39 is 0 Å². The Morgan fingerprint density at radius 1 is 1.20 bits per heavy atom. The van der Waals surface area contributed by atoms with E-state index in [1.165, 1.54) is 37.8 Å². The summed E-state index contributed by atoms with van der Waals surface area (Å²) in [5, 5.41) is 0. The van der Waals surface area contributed by atoms with Crippen molar-refractivity contribution in [2.45, 2.75) is 52.5 Å². The number of hydrogen-bond donors (Lipinski definition) is 1. The van der Waals surface area contributed by atoms with E-state index in [1.807, 2.05) is 4.57 Å². The van der Waals surface area contributed by atoms with Crippen LogP contribution in [0.4, 0.5) is 10.3 Å². The molecule has 2 aromatic rings. The molecule has 3 nitrogen and oxygen atoms in total. The van der Waals surface area contributed by atoms with Crippen LogP contribution in [-0.2, 0) is 6.54 Å². The van der Waals surface area contributed by atoms with Crippen molar-refractivity contribution in [2.24, 2.45) is 5.92 Å². The lowest BCUT2D eigenvalue weighted by atomic mass is 10.0. The number of aryl methyl sites for hydroxylation is 1. The zero-order chi connectivity index (χ0) is 14.5. The molecule has 0 spiro atoms. The Hall–Kier alpha value is -1.58. The van der Waals surface area contributed by atoms with Crippen LogP contribution in [0.15, 0.2) is 18.2 Å². The lowest BCUT2D eigenvalue weighted by Crippen LogP contribution is -2.03. The molecule has 0 aliphatic rings. The van der Waals surface area contributed by atoms with Crippen LogP contribution in [0.1, 0.15) is 46.0 Å². The molecule has 110 valence electrons. The minimum atomic E-state index is -0.240. The highest BCUT2D eigenvalue weighted by Crippen LogP contribution is 2.20. The molecule has 4 heteroatoms. The lowest BCUT2D eigenvalue weighted by molar-refractivity contribution is 0.508. The highest BCUT2D eigenvalue weighted by molar-refractivity contribution is 5.78. The number of hydrogen-bond acceptors (Lipinski definition) is 2. The summed E-state index contributed by atoms with van der Waals surface area (Å²) in [4.78, 5) is 4.27. The van der Waals surface area contributed by atoms with Gasteiger partial charge in [0.25, 0.3) is 0 Å². The maximum Gasteiger partial charge on any atom is 0.201 e. The van der Waals surface area contributed by atoms with Gasteiger partial charge in [0.1, 0.15) is 5.82 Å². The fourth-order valence-electron chi connectivity index (χ4n) is 2.53. The number of halogens is 1. The first-order valence-electron chi connectivity index (χ1n) is 7.49. The molecule has 0 aliphatic carbocycles. The highest BCUT2D eigenvalue weighted by atomic mass is 19.1. The molecule has 0 saturated heterocycles. The number of benzene rings is 1. The van der Waals surface area contributed by atoms with E-state index >= 15 is 0 Å². The Labute approximate surface area is 120 Å². The molecule has 1 aromatic carbocycles. The van der Waals surface area contributed by atoms with Gasteiger partial charge < -0.3 is 10.3 Å². The standard InChI is InChI=1S/C16H24FN3/c1-12(2)7-5-3-4-6-10-20-15-11-13(17)8-9-14(15)19-16(20)18/h8-9,11-12H,3-7,10H2,1-2H3,(H2,18,19). The van der Waals surface area contributed by atoms with Crippen molar-refractivity contribution in [1.29, 1.82) is 0 Å². The van der Waals surface area contributed by atoms with E-state index in [4.69, 9.17) is 5.73 Å². The van der Waals surface area contributed by atoms with Gasteiger partial charge >= 0.3 is 0 Å². The van der Waals surface area contributed by atoms with Crippen molar-refractivity contribution < 1.29 is 4.39 Å². The van der Waals surface area contributed by atoms with Gasteiger partial charge in [-0.1, -0.05) is 39.5 Å². The lowest BCUT2D eigenvalue weighted by Gasteiger charge is -2.07. The average molecular weight is 277 g/mol. The largest absolute Gasteiger partial charge is 0.369 e. The van der Waals surface area contributed by atoms with Crippen LogP contribution < -0.4 is 5.73 Å². The summed E-state index contributed by atoms with van der Waals surface area (Å²) < 4.78 is 15.2. The van der Waals surface area contributed by atoms with Crippen molar-refractivity contribution in [2.75, 3.05) is 5.73 Å². The third-order valence-electron chi connectivity index (χ3n) is 3.65. The molecule has 0 aliphatic heterocycles. The second-order valence-electron chi connectivity index (χ2n) is 5.85. The van der Waals surface area contributed by atoms with Crippen LogP contribution in [0.5, 0.6) is 0 Å². The average Bonchev–Trinajstić information content (AvgIpc) is 2.69. The number of anilines is 1. The molecule has 2 N–H and O–H groups in total. The molecule has 1 aromatic heterocycles. The molecule has 1 heterocycles. The second kappa shape index (κ2) is 6.73. The number of imidazole rings is 1. The predicted molar refractivity (Wildman–Crippen MR) is 82.0 cm³/mol. The van der Waals surface area contributed by atoms with Gasteiger partial charge in [0, 0.05) is 6.54 Å². The van der Waals surface area contributed by atoms with Crippen LogP contribution in [0.2, 0.25) is 0 Å². The van der Waals surface area contributed by atoms with E-state index in [9.17, 15) is 4.39 Å². The van der Waals surface area contributed by atoms with Gasteiger partial charge in [-0.3, -0.25) is 0 Å². The zero-order valence-corrected chi connectivity index (χ0v) is 12.4. The maximum atomic E-state index is 13.3. The van der Waals surface area contributed by atoms with Crippen molar-refractivity contribution >= 4 is 17.0 Å². The Morgan fingerprint density at radius 3 is 2.70 bits per heavy atom. The van der Waals surface area contributed by atoms with E-state index in [0.29, 0.717) is 5.95 Å². The summed E-state index contributed by atoms with van der Waals surface area (Å²) >= 11 is 0. The van der Waals surface area contributed by atoms with E-state index in [0.717, 1.165) is 29.9 Å². The number of nitrogens with zero attached hydrogens (tertiary/aromatic N) is 2. The first-order chi connectivity index (χ1) is 9.58. The van der Waals surface area contributed by atoms with Crippen LogP contribution in [0.3, 0.4) is 0 Å². The Kier molecular flexibility index (Phi) is 4.99. The quantitative estimate of drug-likeness (QED) is 0.764. The van der Waals surface area contributed by atoms with E-state index in [2.05, 4.69) is 18.8 Å². The number of aromatic nitrogens is 2. The molecule has 0 unspecified atom stereocenters. The molecule has 0 amide bonds. The SMILES string of the molecule is CC(C)CCCCCCn1c(N)nc2ccc(F)cc21. The molecule has 0 bridgehead atoms. The monoisotopic (exact) mass is 277 g/mol. The fraction of sp³-hybridized carbons (Fsp3) is 0.562. The molecule has 2 rings (SSSR count). The second-order valence-corrected chi connectivity index (χ2v) is 5.85. The molecule has 0 radical (unpaired) electrons. The van der Waals surface area contributed by atoms with Gasteiger partial charge in [0.05, 0.1) is 11.0 Å². The van der Waals surface area contributed by atoms with Crippen molar-refractivity contribution in [3.05, 3.63) is 24.0 Å². The topological polar surface area (TPSA) is 43.8 Å². The van der Waals surface area contributed by atoms with Crippen molar-refractivity contribution in [3.63, 3.8) is 0 Å². The van der Waals surface area contributed by atoms with Crippen LogP contribution in [0, 0.1) is 11.7 Å². The van der Waals surface area contributed by atoms with Gasteiger partial charge in [-0.2, -0.15) is 0 Å². The van der Waals surface area contributed by atoms with E-state index in [-0.39, 0.29) is 5.82 Å². The normalized spacial score (nSPS) is 11.6. The van der Waals surface area contributed by atoms with Crippen LogP contribution >= 0.6 is 0 Å². The van der Waals surface area contributed by atoms with Gasteiger partial charge in [0.15, 0.2) is 0 Å². The van der Waals surface area contributed by atoms with Gasteiger partial charge in [-0.15, -0.1) is 0 Å². The van der Waals surface area contributed by atoms with Crippen LogP contribution in [-0.4, -0.2) is 9.55 Å². The highest BCUT2D eigenvalue weighted by Gasteiger charge is 2.08. The minimum absolute atomic E-state index is 0.240. The summed E-state index contributed by atoms with van der Waals surface area (Å²) in [6, 6.07) is 4.61. The van der Waals surface area contributed by atoms with Gasteiger partial charge in [-0.05, 0) is 30.5 Å². The number of unbranched alkanes of at least 4 members (excludes halogenated alkanes) is 3. The van der Waals surface area contributed by atoms with E-state index in [1.54, 1.807) is 6.07 Å². The number of fused-ring (bicyclic) bond motifs is 1. The first-order valence-corrected chi connectivity index (χ1v) is 7.49. The summed E-state index contributed by atoms with van der Waals surface area (Å²) in [5.74, 6) is 1.02. The Bertz CT molecular complexity index is 560. The van der Waals surface area contributed by atoms with Crippen LogP contribution in [0.25, 0.3) is 11.0 Å². The van der Waals surface area contributed by atoms with Gasteiger partial charge in [-0.25, -0.2) is 9.37 Å². The number of nitrogen functional groups attached to an aromatic ring is 1. The molecular formula is C16H24FN3.